The van der Waals surface area contributed by atoms with Crippen LogP contribution in [0.1, 0.15) is 30.5 Å². The maximum atomic E-state index is 13.4. The maximum absolute atomic E-state index is 13.4. The molecule has 1 aromatic heterocycles. The smallest absolute Gasteiger partial charge is 0.432 e. The normalized spacial score (nSPS) is 17.3. The summed E-state index contributed by atoms with van der Waals surface area (Å²) in [5.41, 5.74) is 0. The lowest BCUT2D eigenvalue weighted by Crippen LogP contribution is -2.41. The lowest BCUT2D eigenvalue weighted by molar-refractivity contribution is -0.230. The largest absolute Gasteiger partial charge is 0.497 e. The van der Waals surface area contributed by atoms with Crippen LogP contribution in [0.5, 0.6) is 5.75 Å². The number of furan rings is 1. The van der Waals surface area contributed by atoms with Crippen molar-refractivity contribution in [2.24, 2.45) is 5.92 Å². The van der Waals surface area contributed by atoms with E-state index < -0.39 is 40.0 Å². The number of carbonyl (C=O) groups excluding carboxylic acids is 1. The molecule has 0 saturated carbocycles. The predicted octanol–water partition coefficient (Wildman–Crippen LogP) is 3.84. The Morgan fingerprint density at radius 1 is 1.13 bits per heavy atom. The molecule has 0 bridgehead atoms. The van der Waals surface area contributed by atoms with Gasteiger partial charge in [0.1, 0.15) is 11.5 Å². The van der Waals surface area contributed by atoms with Crippen molar-refractivity contribution in [3.8, 4) is 5.75 Å². The molecule has 1 saturated heterocycles. The first-order valence-electron chi connectivity index (χ1n) is 9.50. The van der Waals surface area contributed by atoms with Gasteiger partial charge in [-0.15, -0.1) is 0 Å². The number of sulfonamides is 1. The number of hydrogen-bond donors (Lipinski definition) is 0. The summed E-state index contributed by atoms with van der Waals surface area (Å²) in [4.78, 5) is 12.5. The minimum atomic E-state index is -4.83. The molecule has 0 aliphatic carbocycles. The first kappa shape index (κ1) is 23.1. The number of carbonyl (C=O) groups is 1. The van der Waals surface area contributed by atoms with Crippen LogP contribution in [0, 0.1) is 12.8 Å². The standard InChI is InChI=1S/C20H22F3NO6S/c1-13-3-8-17(29-13)18(20(21,22)23)30-19(25)14-9-11-24(12-10-14)31(26,27)16-6-4-15(28-2)5-7-16/h3-8,14,18H,9-12H2,1-2H3. The first-order valence-corrected chi connectivity index (χ1v) is 10.9. The summed E-state index contributed by atoms with van der Waals surface area (Å²) in [5.74, 6) is -1.61. The molecule has 11 heteroatoms. The van der Waals surface area contributed by atoms with Crippen LogP contribution >= 0.6 is 0 Å². The van der Waals surface area contributed by atoms with E-state index in [1.807, 2.05) is 0 Å². The molecule has 0 amide bonds. The lowest BCUT2D eigenvalue weighted by atomic mass is 9.98. The highest BCUT2D eigenvalue weighted by molar-refractivity contribution is 7.89. The number of alkyl halides is 3. The van der Waals surface area contributed by atoms with Gasteiger partial charge >= 0.3 is 12.1 Å². The molecule has 1 aliphatic rings. The summed E-state index contributed by atoms with van der Waals surface area (Å²) < 4.78 is 81.6. The van der Waals surface area contributed by atoms with Gasteiger partial charge in [-0.3, -0.25) is 4.79 Å². The number of piperidine rings is 1. The van der Waals surface area contributed by atoms with Crippen molar-refractivity contribution < 1.29 is 40.3 Å². The Hall–Kier alpha value is -2.53. The fourth-order valence-electron chi connectivity index (χ4n) is 3.32. The van der Waals surface area contributed by atoms with Crippen molar-refractivity contribution in [1.82, 2.24) is 4.31 Å². The quantitative estimate of drug-likeness (QED) is 0.608. The number of benzene rings is 1. The Balaban J connectivity index is 1.64. The van der Waals surface area contributed by atoms with Crippen LogP contribution in [-0.4, -0.2) is 45.1 Å². The van der Waals surface area contributed by atoms with Crippen molar-refractivity contribution in [2.75, 3.05) is 20.2 Å². The highest BCUT2D eigenvalue weighted by Gasteiger charge is 2.47. The molecule has 1 fully saturated rings. The van der Waals surface area contributed by atoms with Gasteiger partial charge in [-0.05, 0) is 56.2 Å². The van der Waals surface area contributed by atoms with E-state index in [9.17, 15) is 26.4 Å². The van der Waals surface area contributed by atoms with Gasteiger partial charge in [0.2, 0.25) is 10.0 Å². The van der Waals surface area contributed by atoms with E-state index in [1.165, 1.54) is 48.7 Å². The Morgan fingerprint density at radius 2 is 1.74 bits per heavy atom. The van der Waals surface area contributed by atoms with E-state index in [2.05, 4.69) is 0 Å². The van der Waals surface area contributed by atoms with Crippen LogP contribution in [0.2, 0.25) is 0 Å². The molecule has 1 unspecified atom stereocenters. The minimum Gasteiger partial charge on any atom is -0.497 e. The highest BCUT2D eigenvalue weighted by atomic mass is 32.2. The number of hydrogen-bond acceptors (Lipinski definition) is 6. The zero-order valence-electron chi connectivity index (χ0n) is 16.9. The molecule has 0 spiro atoms. The molecule has 2 aromatic rings. The SMILES string of the molecule is COc1ccc(S(=O)(=O)N2CCC(C(=O)OC(c3ccc(C)o3)C(F)(F)F)CC2)cc1. The van der Waals surface area contributed by atoms with Gasteiger partial charge in [0.25, 0.3) is 6.10 Å². The molecule has 3 rings (SSSR count). The lowest BCUT2D eigenvalue weighted by Gasteiger charge is -2.31. The molecule has 1 aromatic carbocycles. The summed E-state index contributed by atoms with van der Waals surface area (Å²) in [6, 6.07) is 8.33. The summed E-state index contributed by atoms with van der Waals surface area (Å²) in [6.45, 7) is 1.47. The molecular formula is C20H22F3NO6S. The topological polar surface area (TPSA) is 86.1 Å². The monoisotopic (exact) mass is 461 g/mol. The Morgan fingerprint density at radius 3 is 2.23 bits per heavy atom. The number of aryl methyl sites for hydroxylation is 1. The molecule has 170 valence electrons. The molecule has 0 N–H and O–H groups in total. The number of ether oxygens (including phenoxy) is 2. The van der Waals surface area contributed by atoms with Gasteiger partial charge in [-0.25, -0.2) is 8.42 Å². The van der Waals surface area contributed by atoms with Gasteiger partial charge in [0.15, 0.2) is 5.76 Å². The second kappa shape index (κ2) is 8.91. The molecule has 1 aliphatic heterocycles. The number of halogens is 3. The second-order valence-electron chi connectivity index (χ2n) is 7.16. The number of methoxy groups -OCH3 is 1. The van der Waals surface area contributed by atoms with Crippen LogP contribution in [0.3, 0.4) is 0 Å². The molecular weight excluding hydrogens is 439 g/mol. The third kappa shape index (κ3) is 5.21. The summed E-state index contributed by atoms with van der Waals surface area (Å²) in [6.07, 6.45) is -7.24. The van der Waals surface area contributed by atoms with Crippen LogP contribution in [0.15, 0.2) is 45.7 Å². The van der Waals surface area contributed by atoms with Gasteiger partial charge in [-0.2, -0.15) is 17.5 Å². The Labute approximate surface area is 177 Å². The van der Waals surface area contributed by atoms with Gasteiger partial charge in [0.05, 0.1) is 17.9 Å². The third-order valence-electron chi connectivity index (χ3n) is 5.04. The fraction of sp³-hybridized carbons (Fsp3) is 0.450. The minimum absolute atomic E-state index is 0.00925. The van der Waals surface area contributed by atoms with Gasteiger partial charge in [-0.1, -0.05) is 0 Å². The first-order chi connectivity index (χ1) is 14.5. The van der Waals surface area contributed by atoms with Crippen LogP contribution in [0.25, 0.3) is 0 Å². The van der Waals surface area contributed by atoms with Crippen molar-refractivity contribution in [3.05, 3.63) is 47.9 Å². The van der Waals surface area contributed by atoms with E-state index in [0.29, 0.717) is 5.75 Å². The zero-order chi connectivity index (χ0) is 22.8. The molecule has 31 heavy (non-hydrogen) atoms. The number of rotatable bonds is 6. The van der Waals surface area contributed by atoms with E-state index in [4.69, 9.17) is 13.9 Å². The van der Waals surface area contributed by atoms with Crippen molar-refractivity contribution in [3.63, 3.8) is 0 Å². The third-order valence-corrected chi connectivity index (χ3v) is 6.95. The molecule has 7 nitrogen and oxygen atoms in total. The Bertz CT molecular complexity index is 1010. The van der Waals surface area contributed by atoms with Gasteiger partial charge in [0, 0.05) is 13.1 Å². The molecule has 1 atom stereocenters. The number of nitrogens with zero attached hydrogens (tertiary/aromatic N) is 1. The van der Waals surface area contributed by atoms with Crippen molar-refractivity contribution in [1.29, 1.82) is 0 Å². The van der Waals surface area contributed by atoms with Crippen molar-refractivity contribution in [2.45, 2.75) is 36.9 Å². The van der Waals surface area contributed by atoms with Crippen LogP contribution < -0.4 is 4.74 Å². The summed E-state index contributed by atoms with van der Waals surface area (Å²) >= 11 is 0. The average Bonchev–Trinajstić information content (AvgIpc) is 3.16. The summed E-state index contributed by atoms with van der Waals surface area (Å²) in [7, 11) is -2.33. The summed E-state index contributed by atoms with van der Waals surface area (Å²) in [5, 5.41) is 0. The number of esters is 1. The average molecular weight is 461 g/mol. The second-order valence-corrected chi connectivity index (χ2v) is 9.10. The molecule has 0 radical (unpaired) electrons. The predicted molar refractivity (Wildman–Crippen MR) is 103 cm³/mol. The van der Waals surface area contributed by atoms with Gasteiger partial charge < -0.3 is 13.9 Å². The maximum Gasteiger partial charge on any atom is 0.432 e. The van der Waals surface area contributed by atoms with E-state index in [0.717, 1.165) is 6.07 Å². The molecule has 2 heterocycles. The van der Waals surface area contributed by atoms with Crippen LogP contribution in [-0.2, 0) is 19.6 Å². The van der Waals surface area contributed by atoms with E-state index in [1.54, 1.807) is 0 Å². The zero-order valence-corrected chi connectivity index (χ0v) is 17.7. The fourth-order valence-corrected chi connectivity index (χ4v) is 4.79. The van der Waals surface area contributed by atoms with E-state index in [-0.39, 0.29) is 36.6 Å². The Kier molecular flexibility index (Phi) is 6.65. The van der Waals surface area contributed by atoms with Crippen molar-refractivity contribution >= 4 is 16.0 Å². The van der Waals surface area contributed by atoms with Crippen LogP contribution in [0.4, 0.5) is 13.2 Å². The van der Waals surface area contributed by atoms with E-state index >= 15 is 0 Å². The highest BCUT2D eigenvalue weighted by Crippen LogP contribution is 2.38.